The molecule has 0 aliphatic heterocycles. The van der Waals surface area contributed by atoms with E-state index in [1.807, 2.05) is 36.4 Å². The zero-order valence-electron chi connectivity index (χ0n) is 12.3. The van der Waals surface area contributed by atoms with Gasteiger partial charge >= 0.3 is 0 Å². The zero-order chi connectivity index (χ0) is 16.2. The lowest BCUT2D eigenvalue weighted by molar-refractivity contribution is 1.17. The quantitative estimate of drug-likeness (QED) is 0.437. The van der Waals surface area contributed by atoms with Gasteiger partial charge in [0.15, 0.2) is 0 Å². The van der Waals surface area contributed by atoms with Crippen LogP contribution in [0.1, 0.15) is 5.56 Å². The van der Waals surface area contributed by atoms with Gasteiger partial charge in [0.1, 0.15) is 0 Å². The van der Waals surface area contributed by atoms with Crippen molar-refractivity contribution >= 4 is 29.2 Å². The van der Waals surface area contributed by atoms with Gasteiger partial charge < -0.3 is 22.2 Å². The number of aromatic nitrogens is 2. The lowest BCUT2D eigenvalue weighted by Crippen LogP contribution is -2.00. The predicted molar refractivity (Wildman–Crippen MR) is 93.9 cm³/mol. The van der Waals surface area contributed by atoms with Crippen molar-refractivity contribution in [3.05, 3.63) is 60.3 Å². The van der Waals surface area contributed by atoms with Crippen LogP contribution in [0.5, 0.6) is 0 Å². The molecule has 0 spiro atoms. The highest BCUT2D eigenvalue weighted by Crippen LogP contribution is 2.22. The van der Waals surface area contributed by atoms with Gasteiger partial charge in [-0.15, -0.1) is 0 Å². The fourth-order valence-electron chi connectivity index (χ4n) is 2.18. The molecule has 23 heavy (non-hydrogen) atoms. The molecule has 3 rings (SSSR count). The van der Waals surface area contributed by atoms with Gasteiger partial charge in [-0.25, -0.2) is 9.97 Å². The lowest BCUT2D eigenvalue weighted by Gasteiger charge is -2.08. The number of anilines is 4. The topological polar surface area (TPSA) is 114 Å². The molecule has 0 amide bonds. The molecule has 6 heteroatoms. The molecule has 114 valence electrons. The van der Waals surface area contributed by atoms with E-state index < -0.39 is 0 Å². The summed E-state index contributed by atoms with van der Waals surface area (Å²) in [6.07, 6.45) is 2.90. The molecule has 1 heterocycles. The summed E-state index contributed by atoms with van der Waals surface area (Å²) in [6, 6.07) is 14.7. The molecule has 1 aromatic heterocycles. The minimum absolute atomic E-state index is 0.464. The summed E-state index contributed by atoms with van der Waals surface area (Å²) in [5, 5.41) is 10.5. The number of benzene rings is 2. The van der Waals surface area contributed by atoms with Crippen molar-refractivity contribution in [3.63, 3.8) is 0 Å². The van der Waals surface area contributed by atoms with E-state index >= 15 is 0 Å². The van der Waals surface area contributed by atoms with E-state index in [0.29, 0.717) is 22.9 Å². The Bertz CT molecular complexity index is 859. The van der Waals surface area contributed by atoms with E-state index in [-0.39, 0.29) is 0 Å². The zero-order valence-corrected chi connectivity index (χ0v) is 12.3. The van der Waals surface area contributed by atoms with Crippen LogP contribution in [0.3, 0.4) is 0 Å². The maximum absolute atomic E-state index is 7.35. The first kappa shape index (κ1) is 14.5. The molecule has 0 fully saturated rings. The van der Waals surface area contributed by atoms with Crippen molar-refractivity contribution in [1.82, 2.24) is 9.97 Å². The van der Waals surface area contributed by atoms with Gasteiger partial charge in [0.05, 0.1) is 5.69 Å². The number of nitrogens with one attached hydrogen (secondary N) is 2. The van der Waals surface area contributed by atoms with Crippen molar-refractivity contribution in [2.75, 3.05) is 16.8 Å². The first-order valence-electron chi connectivity index (χ1n) is 7.02. The monoisotopic (exact) mass is 304 g/mol. The molecule has 0 aliphatic rings. The van der Waals surface area contributed by atoms with Gasteiger partial charge in [0.2, 0.25) is 5.95 Å². The Hall–Kier alpha value is -3.41. The Balaban J connectivity index is 1.90. The molecule has 2 aromatic carbocycles. The summed E-state index contributed by atoms with van der Waals surface area (Å²) in [5.74, 6) is 0.464. The molecule has 0 bridgehead atoms. The fourth-order valence-corrected chi connectivity index (χ4v) is 2.18. The Labute approximate surface area is 133 Å². The second kappa shape index (κ2) is 6.15. The fraction of sp³-hybridized carbons (Fsp3) is 0. The van der Waals surface area contributed by atoms with Crippen molar-refractivity contribution in [2.24, 2.45) is 0 Å². The summed E-state index contributed by atoms with van der Waals surface area (Å²) < 4.78 is 0. The van der Waals surface area contributed by atoms with E-state index in [2.05, 4.69) is 15.3 Å². The molecule has 6 nitrogen and oxygen atoms in total. The van der Waals surface area contributed by atoms with E-state index in [1.54, 1.807) is 18.3 Å². The molecule has 0 saturated heterocycles. The Kier molecular flexibility index (Phi) is 3.88. The summed E-state index contributed by atoms with van der Waals surface area (Å²) in [4.78, 5) is 8.71. The average molecular weight is 304 g/mol. The molecule has 0 radical (unpaired) electrons. The Morgan fingerprint density at radius 2 is 1.91 bits per heavy atom. The molecule has 3 aromatic rings. The van der Waals surface area contributed by atoms with Crippen LogP contribution in [0.4, 0.5) is 23.0 Å². The standard InChI is InChI=1S/C17H16N6/c18-10-12-9-14(4-5-15(12)20)22-17-21-7-6-16(23-17)11-2-1-3-13(19)8-11/h1-10,18H,19-20H2,(H,21,22,23). The van der Waals surface area contributed by atoms with Crippen molar-refractivity contribution in [3.8, 4) is 11.3 Å². The van der Waals surface area contributed by atoms with Crippen molar-refractivity contribution in [1.29, 1.82) is 5.41 Å². The second-order valence-electron chi connectivity index (χ2n) is 5.00. The maximum Gasteiger partial charge on any atom is 0.227 e. The molecule has 0 atom stereocenters. The van der Waals surface area contributed by atoms with Crippen LogP contribution in [0.25, 0.3) is 11.3 Å². The van der Waals surface area contributed by atoms with E-state index in [4.69, 9.17) is 16.9 Å². The lowest BCUT2D eigenvalue weighted by atomic mass is 10.1. The number of nitrogen functional groups attached to an aromatic ring is 2. The smallest absolute Gasteiger partial charge is 0.227 e. The minimum atomic E-state index is 0.464. The molecule has 0 saturated carbocycles. The highest BCUT2D eigenvalue weighted by molar-refractivity contribution is 5.87. The van der Waals surface area contributed by atoms with E-state index in [9.17, 15) is 0 Å². The van der Waals surface area contributed by atoms with Gasteiger partial charge in [0.25, 0.3) is 0 Å². The number of hydrogen-bond acceptors (Lipinski definition) is 6. The van der Waals surface area contributed by atoms with Crippen LogP contribution in [-0.4, -0.2) is 16.2 Å². The molecule has 0 unspecified atom stereocenters. The van der Waals surface area contributed by atoms with Crippen LogP contribution in [0.2, 0.25) is 0 Å². The Morgan fingerprint density at radius 1 is 1.04 bits per heavy atom. The molecular formula is C17H16N6. The molecule has 6 N–H and O–H groups in total. The number of nitrogens with two attached hydrogens (primary N) is 2. The third-order valence-electron chi connectivity index (χ3n) is 3.34. The third kappa shape index (κ3) is 3.26. The number of hydrogen-bond donors (Lipinski definition) is 4. The SMILES string of the molecule is N=Cc1cc(Nc2nccc(-c3cccc(N)c3)n2)ccc1N. The third-order valence-corrected chi connectivity index (χ3v) is 3.34. The van der Waals surface area contributed by atoms with Crippen LogP contribution in [-0.2, 0) is 0 Å². The van der Waals surface area contributed by atoms with Gasteiger partial charge in [-0.05, 0) is 36.4 Å². The van der Waals surface area contributed by atoms with Crippen LogP contribution in [0, 0.1) is 5.41 Å². The maximum atomic E-state index is 7.35. The summed E-state index contributed by atoms with van der Waals surface area (Å²) in [7, 11) is 0. The van der Waals surface area contributed by atoms with Crippen LogP contribution < -0.4 is 16.8 Å². The number of rotatable bonds is 4. The highest BCUT2D eigenvalue weighted by atomic mass is 15.1. The first-order chi connectivity index (χ1) is 11.2. The highest BCUT2D eigenvalue weighted by Gasteiger charge is 2.04. The van der Waals surface area contributed by atoms with Crippen molar-refractivity contribution in [2.45, 2.75) is 0 Å². The second-order valence-corrected chi connectivity index (χ2v) is 5.00. The van der Waals surface area contributed by atoms with Gasteiger partial charge in [-0.3, -0.25) is 0 Å². The predicted octanol–water partition coefficient (Wildman–Crippen LogP) is 3.05. The van der Waals surface area contributed by atoms with Crippen LogP contribution in [0.15, 0.2) is 54.7 Å². The number of nitrogens with zero attached hydrogens (tertiary/aromatic N) is 2. The summed E-state index contributed by atoms with van der Waals surface area (Å²) in [5.41, 5.74) is 15.9. The van der Waals surface area contributed by atoms with Crippen LogP contribution >= 0.6 is 0 Å². The van der Waals surface area contributed by atoms with Gasteiger partial charge in [-0.1, -0.05) is 12.1 Å². The van der Waals surface area contributed by atoms with E-state index in [1.165, 1.54) is 6.21 Å². The van der Waals surface area contributed by atoms with Gasteiger partial charge in [0, 0.05) is 40.6 Å². The van der Waals surface area contributed by atoms with Crippen molar-refractivity contribution < 1.29 is 0 Å². The van der Waals surface area contributed by atoms with Gasteiger partial charge in [-0.2, -0.15) is 0 Å². The molecule has 0 aliphatic carbocycles. The van der Waals surface area contributed by atoms with E-state index in [0.717, 1.165) is 16.9 Å². The molecular weight excluding hydrogens is 288 g/mol. The Morgan fingerprint density at radius 3 is 2.70 bits per heavy atom. The summed E-state index contributed by atoms with van der Waals surface area (Å²) >= 11 is 0. The summed E-state index contributed by atoms with van der Waals surface area (Å²) in [6.45, 7) is 0. The average Bonchev–Trinajstić information content (AvgIpc) is 2.57. The normalized spacial score (nSPS) is 10.3. The minimum Gasteiger partial charge on any atom is -0.399 e. The first-order valence-corrected chi connectivity index (χ1v) is 7.02. The largest absolute Gasteiger partial charge is 0.399 e.